The lowest BCUT2D eigenvalue weighted by Crippen LogP contribution is -2.14. The second kappa shape index (κ2) is 7.16. The molecule has 0 unspecified atom stereocenters. The van der Waals surface area contributed by atoms with Crippen molar-refractivity contribution in [2.45, 2.75) is 33.6 Å². The molecule has 2 rings (SSSR count). The minimum atomic E-state index is 0.543. The van der Waals surface area contributed by atoms with E-state index in [0.717, 1.165) is 13.1 Å². The van der Waals surface area contributed by atoms with Crippen molar-refractivity contribution in [1.29, 1.82) is 0 Å². The van der Waals surface area contributed by atoms with E-state index in [0.29, 0.717) is 5.92 Å². The van der Waals surface area contributed by atoms with Crippen molar-refractivity contribution >= 4 is 11.4 Å². The van der Waals surface area contributed by atoms with E-state index < -0.39 is 0 Å². The Balaban J connectivity index is 1.86. The molecule has 0 spiro atoms. The Morgan fingerprint density at radius 1 is 0.857 bits per heavy atom. The summed E-state index contributed by atoms with van der Waals surface area (Å²) in [4.78, 5) is 0. The van der Waals surface area contributed by atoms with Crippen molar-refractivity contribution in [2.24, 2.45) is 0 Å². The maximum absolute atomic E-state index is 3.53. The standard InChI is InChI=1S/C19H26N2/c1-14(2)18-7-5-6-8-19(18)21-12-11-20-17-10-9-15(3)16(4)13-17/h5-10,13-14,20-21H,11-12H2,1-4H3. The number of anilines is 2. The molecule has 0 bridgehead atoms. The van der Waals surface area contributed by atoms with Crippen LogP contribution in [0.1, 0.15) is 36.5 Å². The number of benzene rings is 2. The highest BCUT2D eigenvalue weighted by Crippen LogP contribution is 2.23. The molecular weight excluding hydrogens is 256 g/mol. The molecule has 2 aromatic rings. The molecule has 112 valence electrons. The van der Waals surface area contributed by atoms with Crippen LogP contribution in [-0.4, -0.2) is 13.1 Å². The number of hydrogen-bond acceptors (Lipinski definition) is 2. The fourth-order valence-corrected chi connectivity index (χ4v) is 2.42. The van der Waals surface area contributed by atoms with Gasteiger partial charge in [-0.1, -0.05) is 38.1 Å². The SMILES string of the molecule is Cc1ccc(NCCNc2ccccc2C(C)C)cc1C. The first kappa shape index (κ1) is 15.4. The van der Waals surface area contributed by atoms with Gasteiger partial charge in [-0.25, -0.2) is 0 Å². The van der Waals surface area contributed by atoms with Crippen molar-refractivity contribution < 1.29 is 0 Å². The minimum Gasteiger partial charge on any atom is -0.383 e. The molecule has 0 fully saturated rings. The van der Waals surface area contributed by atoms with E-state index in [1.165, 1.54) is 28.1 Å². The predicted octanol–water partition coefficient (Wildman–Crippen LogP) is 4.95. The maximum Gasteiger partial charge on any atom is 0.0375 e. The molecule has 2 aromatic carbocycles. The quantitative estimate of drug-likeness (QED) is 0.732. The van der Waals surface area contributed by atoms with Gasteiger partial charge in [-0.15, -0.1) is 0 Å². The lowest BCUT2D eigenvalue weighted by atomic mass is 10.0. The van der Waals surface area contributed by atoms with Crippen molar-refractivity contribution in [3.05, 3.63) is 59.2 Å². The number of aryl methyl sites for hydroxylation is 2. The van der Waals surface area contributed by atoms with Crippen molar-refractivity contribution in [3.8, 4) is 0 Å². The molecule has 0 saturated carbocycles. The van der Waals surface area contributed by atoms with Crippen LogP contribution < -0.4 is 10.6 Å². The van der Waals surface area contributed by atoms with Gasteiger partial charge in [-0.05, 0) is 54.7 Å². The third kappa shape index (κ3) is 4.25. The van der Waals surface area contributed by atoms with Crippen molar-refractivity contribution in [3.63, 3.8) is 0 Å². The molecule has 0 aromatic heterocycles. The van der Waals surface area contributed by atoms with Gasteiger partial charge in [0.1, 0.15) is 0 Å². The Bertz CT molecular complexity index is 588. The van der Waals surface area contributed by atoms with E-state index in [4.69, 9.17) is 0 Å². The smallest absolute Gasteiger partial charge is 0.0375 e. The summed E-state index contributed by atoms with van der Waals surface area (Å²) in [7, 11) is 0. The number of hydrogen-bond donors (Lipinski definition) is 2. The summed E-state index contributed by atoms with van der Waals surface area (Å²) in [6, 6.07) is 15.1. The molecular formula is C19H26N2. The Kier molecular flexibility index (Phi) is 5.26. The normalized spacial score (nSPS) is 10.7. The largest absolute Gasteiger partial charge is 0.383 e. The fourth-order valence-electron chi connectivity index (χ4n) is 2.42. The van der Waals surface area contributed by atoms with Gasteiger partial charge < -0.3 is 10.6 Å². The molecule has 21 heavy (non-hydrogen) atoms. The van der Waals surface area contributed by atoms with Gasteiger partial charge in [0.05, 0.1) is 0 Å². The highest BCUT2D eigenvalue weighted by molar-refractivity contribution is 5.53. The van der Waals surface area contributed by atoms with E-state index in [-0.39, 0.29) is 0 Å². The van der Waals surface area contributed by atoms with E-state index in [1.54, 1.807) is 0 Å². The molecule has 0 atom stereocenters. The van der Waals surface area contributed by atoms with Gasteiger partial charge >= 0.3 is 0 Å². The third-order valence-electron chi connectivity index (χ3n) is 3.86. The zero-order valence-electron chi connectivity index (χ0n) is 13.5. The second-order valence-corrected chi connectivity index (χ2v) is 5.89. The molecule has 2 N–H and O–H groups in total. The summed E-state index contributed by atoms with van der Waals surface area (Å²) >= 11 is 0. The predicted molar refractivity (Wildman–Crippen MR) is 93.4 cm³/mol. The molecule has 2 heteroatoms. The fraction of sp³-hybridized carbons (Fsp3) is 0.368. The van der Waals surface area contributed by atoms with Crippen LogP contribution in [0.15, 0.2) is 42.5 Å². The van der Waals surface area contributed by atoms with E-state index >= 15 is 0 Å². The average molecular weight is 282 g/mol. The van der Waals surface area contributed by atoms with Crippen molar-refractivity contribution in [2.75, 3.05) is 23.7 Å². The van der Waals surface area contributed by atoms with Crippen LogP contribution in [-0.2, 0) is 0 Å². The van der Waals surface area contributed by atoms with Crippen LogP contribution >= 0.6 is 0 Å². The topological polar surface area (TPSA) is 24.1 Å². The zero-order valence-corrected chi connectivity index (χ0v) is 13.5. The summed E-state index contributed by atoms with van der Waals surface area (Å²) in [5.74, 6) is 0.543. The summed E-state index contributed by atoms with van der Waals surface area (Å²) in [6.45, 7) is 10.6. The maximum atomic E-state index is 3.53. The molecule has 0 saturated heterocycles. The highest BCUT2D eigenvalue weighted by atomic mass is 14.9. The van der Waals surface area contributed by atoms with Crippen LogP contribution in [0.3, 0.4) is 0 Å². The van der Waals surface area contributed by atoms with Crippen LogP contribution in [0.2, 0.25) is 0 Å². The van der Waals surface area contributed by atoms with Gasteiger partial charge in [0, 0.05) is 24.5 Å². The van der Waals surface area contributed by atoms with Crippen molar-refractivity contribution in [1.82, 2.24) is 0 Å². The van der Waals surface area contributed by atoms with Crippen LogP contribution in [0.25, 0.3) is 0 Å². The first-order chi connectivity index (χ1) is 10.1. The number of para-hydroxylation sites is 1. The lowest BCUT2D eigenvalue weighted by molar-refractivity contribution is 0.865. The molecule has 0 aliphatic carbocycles. The number of nitrogens with one attached hydrogen (secondary N) is 2. The Labute approximate surface area is 128 Å². The van der Waals surface area contributed by atoms with Crippen LogP contribution in [0.5, 0.6) is 0 Å². The monoisotopic (exact) mass is 282 g/mol. The van der Waals surface area contributed by atoms with E-state index in [9.17, 15) is 0 Å². The van der Waals surface area contributed by atoms with Gasteiger partial charge in [0.25, 0.3) is 0 Å². The summed E-state index contributed by atoms with van der Waals surface area (Å²) < 4.78 is 0. The first-order valence-electron chi connectivity index (χ1n) is 7.72. The van der Waals surface area contributed by atoms with E-state index in [1.807, 2.05) is 0 Å². The second-order valence-electron chi connectivity index (χ2n) is 5.89. The van der Waals surface area contributed by atoms with Gasteiger partial charge in [0.15, 0.2) is 0 Å². The Morgan fingerprint density at radius 2 is 1.57 bits per heavy atom. The lowest BCUT2D eigenvalue weighted by Gasteiger charge is -2.15. The third-order valence-corrected chi connectivity index (χ3v) is 3.86. The van der Waals surface area contributed by atoms with E-state index in [2.05, 4.69) is 80.8 Å². The molecule has 0 amide bonds. The minimum absolute atomic E-state index is 0.543. The highest BCUT2D eigenvalue weighted by Gasteiger charge is 2.04. The van der Waals surface area contributed by atoms with Gasteiger partial charge in [-0.3, -0.25) is 0 Å². The molecule has 2 nitrogen and oxygen atoms in total. The molecule has 0 radical (unpaired) electrons. The van der Waals surface area contributed by atoms with Crippen LogP contribution in [0, 0.1) is 13.8 Å². The van der Waals surface area contributed by atoms with Gasteiger partial charge in [0.2, 0.25) is 0 Å². The average Bonchev–Trinajstić information content (AvgIpc) is 2.47. The Hall–Kier alpha value is -1.96. The number of rotatable bonds is 6. The molecule has 0 aliphatic heterocycles. The van der Waals surface area contributed by atoms with Gasteiger partial charge in [-0.2, -0.15) is 0 Å². The summed E-state index contributed by atoms with van der Waals surface area (Å²) in [6.07, 6.45) is 0. The summed E-state index contributed by atoms with van der Waals surface area (Å²) in [5.41, 5.74) is 6.48. The first-order valence-corrected chi connectivity index (χ1v) is 7.72. The molecule has 0 aliphatic rings. The summed E-state index contributed by atoms with van der Waals surface area (Å²) in [5, 5.41) is 7.00. The zero-order chi connectivity index (χ0) is 15.2. The Morgan fingerprint density at radius 3 is 2.29 bits per heavy atom. The molecule has 0 heterocycles. The van der Waals surface area contributed by atoms with Crippen LogP contribution in [0.4, 0.5) is 11.4 Å².